The third-order valence-corrected chi connectivity index (χ3v) is 6.55. The highest BCUT2D eigenvalue weighted by atomic mass is 32.2. The lowest BCUT2D eigenvalue weighted by Crippen LogP contribution is -2.17. The lowest BCUT2D eigenvalue weighted by Gasteiger charge is -2.25. The maximum Gasteiger partial charge on any atom is 0.234 e. The van der Waals surface area contributed by atoms with Gasteiger partial charge in [0.25, 0.3) is 0 Å². The minimum Gasteiger partial charge on any atom is -0.497 e. The van der Waals surface area contributed by atoms with E-state index < -0.39 is 0 Å². The first-order chi connectivity index (χ1) is 15.7. The number of ether oxygens (including phenoxy) is 1. The average Bonchev–Trinajstić information content (AvgIpc) is 3.27. The summed E-state index contributed by atoms with van der Waals surface area (Å²) in [6.07, 6.45) is 5.77. The number of nitrogens with zero attached hydrogens (tertiary/aromatic N) is 4. The fourth-order valence-corrected chi connectivity index (χ4v) is 4.79. The molecule has 2 aromatic carbocycles. The second kappa shape index (κ2) is 10.3. The summed E-state index contributed by atoms with van der Waals surface area (Å²) in [4.78, 5) is 12.6. The maximum absolute atomic E-state index is 12.6. The fourth-order valence-electron chi connectivity index (χ4n) is 3.99. The van der Waals surface area contributed by atoms with E-state index in [1.807, 2.05) is 24.3 Å². The summed E-state index contributed by atoms with van der Waals surface area (Å²) in [5, 5.41) is 21.7. The van der Waals surface area contributed by atoms with E-state index in [4.69, 9.17) is 4.74 Å². The molecular formula is C24H25N5O2S. The van der Waals surface area contributed by atoms with Crippen molar-refractivity contribution in [2.75, 3.05) is 18.2 Å². The van der Waals surface area contributed by atoms with Crippen LogP contribution in [0.2, 0.25) is 0 Å². The van der Waals surface area contributed by atoms with Crippen LogP contribution in [0.4, 0.5) is 5.69 Å². The first-order valence-electron chi connectivity index (χ1n) is 10.7. The highest BCUT2D eigenvalue weighted by Gasteiger charge is 2.24. The van der Waals surface area contributed by atoms with Crippen LogP contribution in [0, 0.1) is 11.3 Å². The van der Waals surface area contributed by atoms with Crippen LogP contribution in [0.5, 0.6) is 5.75 Å². The number of carbonyl (C=O) groups is 1. The Morgan fingerprint density at radius 3 is 2.62 bits per heavy atom. The van der Waals surface area contributed by atoms with E-state index in [1.165, 1.54) is 31.0 Å². The molecule has 1 fully saturated rings. The Labute approximate surface area is 191 Å². The van der Waals surface area contributed by atoms with Crippen molar-refractivity contribution < 1.29 is 9.53 Å². The van der Waals surface area contributed by atoms with Gasteiger partial charge in [0.1, 0.15) is 11.8 Å². The monoisotopic (exact) mass is 447 g/mol. The van der Waals surface area contributed by atoms with Crippen molar-refractivity contribution in [3.63, 3.8) is 0 Å². The van der Waals surface area contributed by atoms with E-state index >= 15 is 0 Å². The third kappa shape index (κ3) is 4.94. The van der Waals surface area contributed by atoms with Crippen molar-refractivity contribution in [1.29, 1.82) is 5.26 Å². The van der Waals surface area contributed by atoms with Gasteiger partial charge in [-0.25, -0.2) is 0 Å². The SMILES string of the molecule is COc1ccc(-c2nnc(SCC(=O)Nc3ccccc3C#N)n2C2CCCCC2)cc1. The van der Waals surface area contributed by atoms with Gasteiger partial charge in [-0.1, -0.05) is 43.2 Å². The smallest absolute Gasteiger partial charge is 0.234 e. The molecule has 0 aliphatic heterocycles. The van der Waals surface area contributed by atoms with Crippen molar-refractivity contribution in [3.05, 3.63) is 54.1 Å². The Morgan fingerprint density at radius 1 is 1.16 bits per heavy atom. The van der Waals surface area contributed by atoms with Crippen molar-refractivity contribution in [1.82, 2.24) is 14.8 Å². The molecule has 0 saturated heterocycles. The van der Waals surface area contributed by atoms with Gasteiger partial charge < -0.3 is 10.1 Å². The normalized spacial score (nSPS) is 14.0. The summed E-state index contributed by atoms with van der Waals surface area (Å²) < 4.78 is 7.47. The largest absolute Gasteiger partial charge is 0.497 e. The number of nitriles is 1. The molecule has 1 amide bonds. The zero-order chi connectivity index (χ0) is 22.3. The Balaban J connectivity index is 1.54. The highest BCUT2D eigenvalue weighted by Crippen LogP contribution is 2.36. The van der Waals surface area contributed by atoms with Gasteiger partial charge in [0.15, 0.2) is 11.0 Å². The van der Waals surface area contributed by atoms with Gasteiger partial charge >= 0.3 is 0 Å². The van der Waals surface area contributed by atoms with Gasteiger partial charge in [-0.2, -0.15) is 5.26 Å². The van der Waals surface area contributed by atoms with Crippen LogP contribution in [-0.4, -0.2) is 33.5 Å². The molecule has 0 spiro atoms. The number of hydrogen-bond donors (Lipinski definition) is 1. The number of aromatic nitrogens is 3. The molecule has 3 aromatic rings. The van der Waals surface area contributed by atoms with Crippen LogP contribution >= 0.6 is 11.8 Å². The zero-order valence-corrected chi connectivity index (χ0v) is 18.8. The number of anilines is 1. The van der Waals surface area contributed by atoms with Gasteiger partial charge in [-0.15, -0.1) is 10.2 Å². The number of thioether (sulfide) groups is 1. The Kier molecular flexibility index (Phi) is 7.07. The Bertz CT molecular complexity index is 1110. The summed E-state index contributed by atoms with van der Waals surface area (Å²) in [6.45, 7) is 0. The van der Waals surface area contributed by atoms with Crippen LogP contribution < -0.4 is 10.1 Å². The zero-order valence-electron chi connectivity index (χ0n) is 18.0. The van der Waals surface area contributed by atoms with Crippen LogP contribution in [0.25, 0.3) is 11.4 Å². The summed E-state index contributed by atoms with van der Waals surface area (Å²) in [5.41, 5.74) is 1.94. The van der Waals surface area contributed by atoms with Crippen molar-refractivity contribution >= 4 is 23.4 Å². The van der Waals surface area contributed by atoms with Gasteiger partial charge in [0.2, 0.25) is 5.91 Å². The average molecular weight is 448 g/mol. The van der Waals surface area contributed by atoms with E-state index in [0.29, 0.717) is 17.3 Å². The number of amides is 1. The van der Waals surface area contributed by atoms with Crippen molar-refractivity contribution in [2.24, 2.45) is 0 Å². The van der Waals surface area contributed by atoms with Gasteiger partial charge in [0, 0.05) is 11.6 Å². The van der Waals surface area contributed by atoms with Crippen molar-refractivity contribution in [3.8, 4) is 23.2 Å². The molecule has 8 heteroatoms. The number of rotatable bonds is 7. The van der Waals surface area contributed by atoms with E-state index in [9.17, 15) is 10.1 Å². The molecule has 1 heterocycles. The summed E-state index contributed by atoms with van der Waals surface area (Å²) in [5.74, 6) is 1.62. The minimum atomic E-state index is -0.179. The molecular weight excluding hydrogens is 422 g/mol. The number of nitrogens with one attached hydrogen (secondary N) is 1. The fraction of sp³-hybridized carbons (Fsp3) is 0.333. The second-order valence-electron chi connectivity index (χ2n) is 7.69. The van der Waals surface area contributed by atoms with Crippen LogP contribution in [0.15, 0.2) is 53.7 Å². The van der Waals surface area contributed by atoms with E-state index in [-0.39, 0.29) is 11.7 Å². The standard InChI is InChI=1S/C24H25N5O2S/c1-31-20-13-11-17(12-14-20)23-27-28-24(29(23)19-8-3-2-4-9-19)32-16-22(30)26-21-10-6-5-7-18(21)15-25/h5-7,10-14,19H,2-4,8-9,16H2,1H3,(H,26,30). The molecule has 0 radical (unpaired) electrons. The summed E-state index contributed by atoms with van der Waals surface area (Å²) in [6, 6.07) is 17.2. The highest BCUT2D eigenvalue weighted by molar-refractivity contribution is 7.99. The lowest BCUT2D eigenvalue weighted by atomic mass is 9.95. The van der Waals surface area contributed by atoms with Gasteiger partial charge in [0.05, 0.1) is 24.1 Å². The van der Waals surface area contributed by atoms with Gasteiger partial charge in [-0.3, -0.25) is 9.36 Å². The van der Waals surface area contributed by atoms with Crippen LogP contribution in [0.1, 0.15) is 43.7 Å². The molecule has 164 valence electrons. The van der Waals surface area contributed by atoms with Crippen LogP contribution in [0.3, 0.4) is 0 Å². The Morgan fingerprint density at radius 2 is 1.91 bits per heavy atom. The minimum absolute atomic E-state index is 0.179. The first kappa shape index (κ1) is 21.9. The second-order valence-corrected chi connectivity index (χ2v) is 8.63. The number of para-hydroxylation sites is 1. The molecule has 32 heavy (non-hydrogen) atoms. The lowest BCUT2D eigenvalue weighted by molar-refractivity contribution is -0.113. The predicted molar refractivity (Wildman–Crippen MR) is 125 cm³/mol. The number of hydrogen-bond acceptors (Lipinski definition) is 6. The molecule has 0 bridgehead atoms. The third-order valence-electron chi connectivity index (χ3n) is 5.61. The quantitative estimate of drug-likeness (QED) is 0.509. The van der Waals surface area contributed by atoms with Gasteiger partial charge in [-0.05, 0) is 49.2 Å². The Hall–Kier alpha value is -3.31. The number of carbonyl (C=O) groups excluding carboxylic acids is 1. The molecule has 1 saturated carbocycles. The van der Waals surface area contributed by atoms with E-state index in [2.05, 4.69) is 26.2 Å². The van der Waals surface area contributed by atoms with E-state index in [0.717, 1.165) is 35.1 Å². The first-order valence-corrected chi connectivity index (χ1v) is 11.7. The van der Waals surface area contributed by atoms with E-state index in [1.54, 1.807) is 31.4 Å². The maximum atomic E-state index is 12.6. The molecule has 1 N–H and O–H groups in total. The molecule has 0 unspecified atom stereocenters. The molecule has 1 aliphatic rings. The van der Waals surface area contributed by atoms with Crippen LogP contribution in [-0.2, 0) is 4.79 Å². The molecule has 7 nitrogen and oxygen atoms in total. The molecule has 1 aromatic heterocycles. The number of methoxy groups -OCH3 is 1. The predicted octanol–water partition coefficient (Wildman–Crippen LogP) is 5.06. The molecule has 4 rings (SSSR count). The molecule has 0 atom stereocenters. The van der Waals surface area contributed by atoms with Crippen molar-refractivity contribution in [2.45, 2.75) is 43.3 Å². The summed E-state index contributed by atoms with van der Waals surface area (Å²) >= 11 is 1.37. The molecule has 1 aliphatic carbocycles. The topological polar surface area (TPSA) is 92.8 Å². The summed E-state index contributed by atoms with van der Waals surface area (Å²) in [7, 11) is 1.65. The number of benzene rings is 2.